The lowest BCUT2D eigenvalue weighted by Crippen LogP contribution is -2.54. The summed E-state index contributed by atoms with van der Waals surface area (Å²) in [4.78, 5) is 5.54. The number of nitrogens with one attached hydrogen (secondary N) is 2. The first-order valence-electron chi connectivity index (χ1n) is 22.6. The van der Waals surface area contributed by atoms with E-state index in [0.717, 1.165) is 65.9 Å². The molecule has 0 bridgehead atoms. The van der Waals surface area contributed by atoms with Crippen LogP contribution < -0.4 is 15.4 Å². The zero-order valence-corrected chi connectivity index (χ0v) is 34.8. The van der Waals surface area contributed by atoms with E-state index in [1.165, 1.54) is 56.5 Å². The van der Waals surface area contributed by atoms with Crippen LogP contribution in [0.25, 0.3) is 44.9 Å². The molecular weight excluding hydrogens is 757 g/mol. The largest absolute Gasteiger partial charge is 0.484 e. The summed E-state index contributed by atoms with van der Waals surface area (Å²) in [6.07, 6.45) is 31.5. The number of ether oxygens (including phenoxy) is 1. The second kappa shape index (κ2) is 15.6. The second-order valence-electron chi connectivity index (χ2n) is 17.5. The Morgan fingerprint density at radius 3 is 2.44 bits per heavy atom. The van der Waals surface area contributed by atoms with Gasteiger partial charge in [0.25, 0.3) is 0 Å². The lowest BCUT2D eigenvalue weighted by molar-refractivity contribution is 0.268. The highest BCUT2D eigenvalue weighted by Gasteiger charge is 2.42. The van der Waals surface area contributed by atoms with Crippen molar-refractivity contribution in [3.05, 3.63) is 210 Å². The summed E-state index contributed by atoms with van der Waals surface area (Å²) in [6, 6.07) is 42.5. The van der Waals surface area contributed by atoms with Crippen molar-refractivity contribution in [3.8, 4) is 28.0 Å². The van der Waals surface area contributed by atoms with Gasteiger partial charge in [-0.1, -0.05) is 152 Å². The number of amidine groups is 1. The molecule has 62 heavy (non-hydrogen) atoms. The van der Waals surface area contributed by atoms with Gasteiger partial charge in [-0.15, -0.1) is 0 Å². The van der Waals surface area contributed by atoms with Crippen LogP contribution >= 0.6 is 0 Å². The highest BCUT2D eigenvalue weighted by Crippen LogP contribution is 2.53. The van der Waals surface area contributed by atoms with Crippen molar-refractivity contribution >= 4 is 28.5 Å². The Hall–Kier alpha value is -6.69. The molecule has 6 aromatic rings. The van der Waals surface area contributed by atoms with Crippen molar-refractivity contribution in [1.82, 2.24) is 15.2 Å². The molecule has 0 saturated carbocycles. The third-order valence-corrected chi connectivity index (χ3v) is 13.8. The van der Waals surface area contributed by atoms with Gasteiger partial charge < -0.3 is 14.6 Å². The molecule has 1 aromatic heterocycles. The molecule has 0 amide bonds. The van der Waals surface area contributed by atoms with Crippen molar-refractivity contribution in [2.45, 2.75) is 68.8 Å². The van der Waals surface area contributed by atoms with E-state index in [4.69, 9.17) is 9.73 Å². The number of para-hydroxylation sites is 2. The smallest absolute Gasteiger partial charge is 0.132 e. The fourth-order valence-electron chi connectivity index (χ4n) is 10.8. The van der Waals surface area contributed by atoms with Crippen LogP contribution in [0.3, 0.4) is 0 Å². The first-order valence-corrected chi connectivity index (χ1v) is 22.6. The summed E-state index contributed by atoms with van der Waals surface area (Å²) in [5.74, 6) is 2.65. The maximum atomic E-state index is 7.19. The minimum Gasteiger partial charge on any atom is -0.484 e. The molecular formula is C57H50N4O. The zero-order valence-electron chi connectivity index (χ0n) is 34.8. The summed E-state index contributed by atoms with van der Waals surface area (Å²) in [5.41, 5.74) is 14.5. The van der Waals surface area contributed by atoms with Gasteiger partial charge >= 0.3 is 0 Å². The average molecular weight is 807 g/mol. The van der Waals surface area contributed by atoms with Gasteiger partial charge in [0, 0.05) is 39.6 Å². The Balaban J connectivity index is 1.02. The molecule has 2 N–H and O–H groups in total. The van der Waals surface area contributed by atoms with Gasteiger partial charge in [0.05, 0.1) is 23.3 Å². The van der Waals surface area contributed by atoms with Crippen LogP contribution in [0.2, 0.25) is 0 Å². The van der Waals surface area contributed by atoms with Crippen LogP contribution in [-0.4, -0.2) is 22.7 Å². The van der Waals surface area contributed by atoms with Gasteiger partial charge in [-0.25, -0.2) is 4.99 Å². The average Bonchev–Trinajstić information content (AvgIpc) is 3.91. The molecule has 4 aliphatic carbocycles. The molecule has 6 aliphatic rings. The van der Waals surface area contributed by atoms with E-state index < -0.39 is 0 Å². The Kier molecular flexibility index (Phi) is 9.37. The van der Waals surface area contributed by atoms with Crippen LogP contribution in [0, 0.1) is 5.92 Å². The number of allylic oxidation sites excluding steroid dienone is 9. The minimum atomic E-state index is -0.200. The van der Waals surface area contributed by atoms with Gasteiger partial charge in [-0.3, -0.25) is 5.32 Å². The molecule has 3 heterocycles. The first kappa shape index (κ1) is 37.1. The fourth-order valence-corrected chi connectivity index (χ4v) is 10.8. The summed E-state index contributed by atoms with van der Waals surface area (Å²) >= 11 is 0. The predicted octanol–water partition coefficient (Wildman–Crippen LogP) is 13.0. The van der Waals surface area contributed by atoms with Crippen LogP contribution in [0.1, 0.15) is 90.0 Å². The van der Waals surface area contributed by atoms with E-state index in [-0.39, 0.29) is 24.4 Å². The monoisotopic (exact) mass is 806 g/mol. The SMILES string of the molecule is C1=CCC(c2cccc(-c3ccc(-c4cccc5c4OC4C=Cc6c(c7ccccc7n6C6=CCCC=C6)C54)c(C4=NC(c5ccccc5)NC(C5C=CCCC5)N4)c3)c2)C=C1. The normalized spacial score (nSPS) is 24.5. The van der Waals surface area contributed by atoms with E-state index in [0.29, 0.717) is 11.8 Å². The molecule has 0 fully saturated rings. The molecule has 0 radical (unpaired) electrons. The van der Waals surface area contributed by atoms with Crippen LogP contribution in [0.5, 0.6) is 5.75 Å². The van der Waals surface area contributed by atoms with Gasteiger partial charge in [0.2, 0.25) is 0 Å². The summed E-state index contributed by atoms with van der Waals surface area (Å²) in [7, 11) is 0. The maximum absolute atomic E-state index is 7.19. The van der Waals surface area contributed by atoms with Crippen LogP contribution in [-0.2, 0) is 0 Å². The van der Waals surface area contributed by atoms with Crippen molar-refractivity contribution in [2.75, 3.05) is 0 Å². The molecule has 2 aliphatic heterocycles. The molecule has 6 atom stereocenters. The Labute approximate surface area is 364 Å². The lowest BCUT2D eigenvalue weighted by atomic mass is 9.82. The number of rotatable bonds is 7. The van der Waals surface area contributed by atoms with Gasteiger partial charge in [-0.05, 0) is 102 Å². The highest BCUT2D eigenvalue weighted by atomic mass is 16.5. The maximum Gasteiger partial charge on any atom is 0.132 e. The summed E-state index contributed by atoms with van der Waals surface area (Å²) in [6.45, 7) is 0. The molecule has 5 nitrogen and oxygen atoms in total. The number of fused-ring (bicyclic) bond motifs is 7. The Morgan fingerprint density at radius 1 is 0.677 bits per heavy atom. The summed E-state index contributed by atoms with van der Waals surface area (Å²) < 4.78 is 9.65. The molecule has 5 aromatic carbocycles. The quantitative estimate of drug-likeness (QED) is 0.158. The third-order valence-electron chi connectivity index (χ3n) is 13.8. The third kappa shape index (κ3) is 6.46. The number of nitrogens with zero attached hydrogens (tertiary/aromatic N) is 2. The van der Waals surface area contributed by atoms with Crippen molar-refractivity contribution < 1.29 is 4.74 Å². The molecule has 12 rings (SSSR count). The molecule has 0 saturated heterocycles. The number of aliphatic imine (C=N–C) groups is 1. The number of hydrogen-bond acceptors (Lipinski definition) is 4. The number of aromatic nitrogens is 1. The lowest BCUT2D eigenvalue weighted by Gasteiger charge is -2.37. The molecule has 0 spiro atoms. The number of hydrogen-bond donors (Lipinski definition) is 2. The number of benzene rings is 5. The van der Waals surface area contributed by atoms with Crippen LogP contribution in [0.15, 0.2) is 181 Å². The molecule has 6 unspecified atom stereocenters. The Morgan fingerprint density at radius 2 is 1.56 bits per heavy atom. The van der Waals surface area contributed by atoms with Gasteiger partial charge in [-0.2, -0.15) is 0 Å². The first-order chi connectivity index (χ1) is 30.7. The minimum absolute atomic E-state index is 0.0193. The zero-order chi connectivity index (χ0) is 41.0. The van der Waals surface area contributed by atoms with Crippen molar-refractivity contribution in [2.24, 2.45) is 10.9 Å². The van der Waals surface area contributed by atoms with E-state index in [9.17, 15) is 0 Å². The predicted molar refractivity (Wildman–Crippen MR) is 255 cm³/mol. The van der Waals surface area contributed by atoms with Crippen molar-refractivity contribution in [1.29, 1.82) is 0 Å². The topological polar surface area (TPSA) is 50.6 Å². The summed E-state index contributed by atoms with van der Waals surface area (Å²) in [5, 5.41) is 9.18. The fraction of sp³-hybridized carbons (Fsp3) is 0.211. The van der Waals surface area contributed by atoms with E-state index in [2.05, 4.69) is 197 Å². The molecule has 5 heteroatoms. The van der Waals surface area contributed by atoms with Crippen LogP contribution in [0.4, 0.5) is 0 Å². The van der Waals surface area contributed by atoms with Crippen molar-refractivity contribution in [3.63, 3.8) is 0 Å². The highest BCUT2D eigenvalue weighted by molar-refractivity contribution is 6.07. The molecule has 304 valence electrons. The second-order valence-corrected chi connectivity index (χ2v) is 17.5. The standard InChI is InChI=1S/C57H50N4O/c1-5-17-37(18-6-1)40-23-15-24-41(35-40)42-31-32-44(48(36-42)57-59-55(38-19-7-2-8-20-38)58-56(60-57)39-21-9-3-10-22-39)45-28-16-29-47-53-51(62-54(45)47)34-33-50-52(53)46-27-13-14-30-49(46)61(50)43-25-11-4-12-26-43/h1-2,5-9,11,13-17,19-21,23-37,39,51,53,55-56,58H,3-4,10,12,18,22H2,(H,59,60). The Bertz CT molecular complexity index is 2940. The van der Waals surface area contributed by atoms with E-state index >= 15 is 0 Å². The van der Waals surface area contributed by atoms with Gasteiger partial charge in [0.1, 0.15) is 23.9 Å². The van der Waals surface area contributed by atoms with E-state index in [1.807, 2.05) is 0 Å². The van der Waals surface area contributed by atoms with E-state index in [1.54, 1.807) is 0 Å². The van der Waals surface area contributed by atoms with Gasteiger partial charge in [0.15, 0.2) is 0 Å².